The number of thiazole rings is 1. The molecule has 2 amide bonds. The molecular weight excluding hydrogens is 455 g/mol. The predicted octanol–water partition coefficient (Wildman–Crippen LogP) is 1.97. The first-order valence-corrected chi connectivity index (χ1v) is 9.61. The number of rotatable bonds is 3. The fraction of sp³-hybridized carbons (Fsp3) is 0.312. The fourth-order valence-corrected chi connectivity index (χ4v) is 4.01. The van der Waals surface area contributed by atoms with Crippen molar-refractivity contribution in [3.8, 4) is 0 Å². The second-order valence-corrected chi connectivity index (χ2v) is 7.54. The maximum Gasteiger partial charge on any atom is 0.281 e. The molecule has 0 atom stereocenters. The molecule has 1 aliphatic heterocycles. The molecule has 0 saturated carbocycles. The van der Waals surface area contributed by atoms with Crippen molar-refractivity contribution in [3.05, 3.63) is 44.0 Å². The summed E-state index contributed by atoms with van der Waals surface area (Å²) in [6.45, 7) is 4.63. The normalized spacial score (nSPS) is 14.2. The van der Waals surface area contributed by atoms with Crippen molar-refractivity contribution in [3.63, 3.8) is 0 Å². The van der Waals surface area contributed by atoms with Crippen molar-refractivity contribution in [2.45, 2.75) is 6.92 Å². The lowest BCUT2D eigenvalue weighted by atomic mass is 10.2. The Morgan fingerprint density at radius 2 is 1.88 bits per heavy atom. The second kappa shape index (κ2) is 8.11. The largest absolute Gasteiger partial charge is 0.378 e. The third kappa shape index (κ3) is 4.28. The van der Waals surface area contributed by atoms with E-state index in [2.05, 4.69) is 43.3 Å². The third-order valence-electron chi connectivity index (χ3n) is 3.68. The average molecular weight is 472 g/mol. The Bertz CT molecular complexity index is 789. The van der Waals surface area contributed by atoms with Crippen LogP contribution in [0, 0.1) is 10.5 Å². The monoisotopic (exact) mass is 472 g/mol. The summed E-state index contributed by atoms with van der Waals surface area (Å²) in [6.07, 6.45) is 0. The average Bonchev–Trinajstić information content (AvgIpc) is 3.02. The molecule has 2 N–H and O–H groups in total. The van der Waals surface area contributed by atoms with E-state index in [0.29, 0.717) is 29.3 Å². The second-order valence-electron chi connectivity index (χ2n) is 5.40. The van der Waals surface area contributed by atoms with E-state index in [0.717, 1.165) is 21.8 Å². The van der Waals surface area contributed by atoms with Crippen LogP contribution in [0.15, 0.2) is 24.3 Å². The van der Waals surface area contributed by atoms with Crippen molar-refractivity contribution < 1.29 is 14.3 Å². The number of aromatic nitrogens is 1. The Balaban J connectivity index is 1.64. The molecule has 7 nitrogen and oxygen atoms in total. The number of anilines is 1. The lowest BCUT2D eigenvalue weighted by Crippen LogP contribution is -2.41. The van der Waals surface area contributed by atoms with Crippen LogP contribution in [0.5, 0.6) is 0 Å². The summed E-state index contributed by atoms with van der Waals surface area (Å²) in [5.41, 5.74) is 6.08. The molecule has 0 radical (unpaired) electrons. The highest BCUT2D eigenvalue weighted by Gasteiger charge is 2.21. The molecule has 1 aliphatic rings. The van der Waals surface area contributed by atoms with Gasteiger partial charge in [0, 0.05) is 16.7 Å². The zero-order chi connectivity index (χ0) is 17.8. The molecule has 3 rings (SSSR count). The molecule has 1 fully saturated rings. The van der Waals surface area contributed by atoms with Gasteiger partial charge in [-0.05, 0) is 41.6 Å². The van der Waals surface area contributed by atoms with E-state index in [1.54, 1.807) is 19.1 Å². The molecule has 0 bridgehead atoms. The van der Waals surface area contributed by atoms with E-state index >= 15 is 0 Å². The first kappa shape index (κ1) is 18.1. The number of carbonyl (C=O) groups is 2. The minimum atomic E-state index is -0.367. The Morgan fingerprint density at radius 3 is 2.60 bits per heavy atom. The van der Waals surface area contributed by atoms with Crippen LogP contribution in [0.25, 0.3) is 0 Å². The van der Waals surface area contributed by atoms with Gasteiger partial charge in [-0.25, -0.2) is 4.98 Å². The van der Waals surface area contributed by atoms with E-state index in [9.17, 15) is 9.59 Å². The molecule has 1 aromatic heterocycles. The first-order chi connectivity index (χ1) is 12.1. The molecular formula is C16H17IN4O3S. The number of morpholine rings is 1. The minimum Gasteiger partial charge on any atom is -0.378 e. The molecule has 0 aliphatic carbocycles. The number of nitrogens with zero attached hydrogens (tertiary/aromatic N) is 2. The zero-order valence-corrected chi connectivity index (χ0v) is 16.5. The number of hydrazine groups is 1. The quantitative estimate of drug-likeness (QED) is 0.528. The Labute approximate surface area is 162 Å². The molecule has 0 unspecified atom stereocenters. The van der Waals surface area contributed by atoms with Crippen molar-refractivity contribution in [1.29, 1.82) is 0 Å². The van der Waals surface area contributed by atoms with Crippen LogP contribution in [0.1, 0.15) is 25.7 Å². The van der Waals surface area contributed by atoms with Gasteiger partial charge in [-0.3, -0.25) is 20.4 Å². The van der Waals surface area contributed by atoms with Gasteiger partial charge in [-0.2, -0.15) is 0 Å². The highest BCUT2D eigenvalue weighted by molar-refractivity contribution is 14.1. The van der Waals surface area contributed by atoms with Gasteiger partial charge in [-0.15, -0.1) is 0 Å². The van der Waals surface area contributed by atoms with Crippen LogP contribution in [0.3, 0.4) is 0 Å². The van der Waals surface area contributed by atoms with Crippen molar-refractivity contribution in [2.24, 2.45) is 0 Å². The number of halogens is 1. The number of aryl methyl sites for hydroxylation is 1. The van der Waals surface area contributed by atoms with Crippen LogP contribution < -0.4 is 15.8 Å². The number of ether oxygens (including phenoxy) is 1. The number of amides is 2. The molecule has 2 heterocycles. The summed E-state index contributed by atoms with van der Waals surface area (Å²) in [5.74, 6) is -0.720. The summed E-state index contributed by atoms with van der Waals surface area (Å²) in [4.78, 5) is 31.6. The van der Waals surface area contributed by atoms with E-state index in [-0.39, 0.29) is 11.8 Å². The smallest absolute Gasteiger partial charge is 0.281 e. The lowest BCUT2D eigenvalue weighted by Gasteiger charge is -2.25. The van der Waals surface area contributed by atoms with Crippen LogP contribution >= 0.6 is 33.9 Å². The SMILES string of the molecule is Cc1nc(N2CCOCC2)sc1C(=O)NNC(=O)c1ccccc1I. The number of nitrogens with one attached hydrogen (secondary N) is 2. The Morgan fingerprint density at radius 1 is 1.20 bits per heavy atom. The molecule has 1 aromatic carbocycles. The highest BCUT2D eigenvalue weighted by Crippen LogP contribution is 2.26. The van der Waals surface area contributed by atoms with Crippen molar-refractivity contribution in [2.75, 3.05) is 31.2 Å². The highest BCUT2D eigenvalue weighted by atomic mass is 127. The van der Waals surface area contributed by atoms with E-state index in [1.165, 1.54) is 11.3 Å². The molecule has 132 valence electrons. The topological polar surface area (TPSA) is 83.6 Å². The van der Waals surface area contributed by atoms with E-state index in [1.807, 2.05) is 12.1 Å². The van der Waals surface area contributed by atoms with Crippen LogP contribution in [0.2, 0.25) is 0 Å². The number of carbonyl (C=O) groups excluding carboxylic acids is 2. The summed E-state index contributed by atoms with van der Waals surface area (Å²) in [6, 6.07) is 7.17. The van der Waals surface area contributed by atoms with Gasteiger partial charge in [-0.1, -0.05) is 23.5 Å². The molecule has 0 spiro atoms. The van der Waals surface area contributed by atoms with Crippen molar-refractivity contribution in [1.82, 2.24) is 15.8 Å². The summed E-state index contributed by atoms with van der Waals surface area (Å²) in [5, 5.41) is 0.801. The van der Waals surface area contributed by atoms with Crippen LogP contribution in [-0.2, 0) is 4.74 Å². The predicted molar refractivity (Wildman–Crippen MR) is 104 cm³/mol. The Hall–Kier alpha value is -1.72. The summed E-state index contributed by atoms with van der Waals surface area (Å²) in [7, 11) is 0. The zero-order valence-electron chi connectivity index (χ0n) is 13.5. The number of hydrogen-bond acceptors (Lipinski definition) is 6. The van der Waals surface area contributed by atoms with E-state index in [4.69, 9.17) is 4.74 Å². The van der Waals surface area contributed by atoms with Gasteiger partial charge in [0.25, 0.3) is 11.8 Å². The van der Waals surface area contributed by atoms with Crippen LogP contribution in [0.4, 0.5) is 5.13 Å². The molecule has 25 heavy (non-hydrogen) atoms. The Kier molecular flexibility index (Phi) is 5.86. The van der Waals surface area contributed by atoms with Gasteiger partial charge < -0.3 is 9.64 Å². The molecule has 9 heteroatoms. The first-order valence-electron chi connectivity index (χ1n) is 7.71. The van der Waals surface area contributed by atoms with Crippen LogP contribution in [-0.4, -0.2) is 43.1 Å². The van der Waals surface area contributed by atoms with Gasteiger partial charge >= 0.3 is 0 Å². The maximum atomic E-state index is 12.4. The van der Waals surface area contributed by atoms with Crippen molar-refractivity contribution >= 4 is 50.9 Å². The standard InChI is InChI=1S/C16H17IN4O3S/c1-10-13(25-16(18-10)21-6-8-24-9-7-21)15(23)20-19-14(22)11-4-2-3-5-12(11)17/h2-5H,6-9H2,1H3,(H,19,22)(H,20,23). The van der Waals surface area contributed by atoms with Gasteiger partial charge in [0.2, 0.25) is 0 Å². The maximum absolute atomic E-state index is 12.4. The lowest BCUT2D eigenvalue weighted by molar-refractivity contribution is 0.0848. The third-order valence-corrected chi connectivity index (χ3v) is 5.84. The van der Waals surface area contributed by atoms with Gasteiger partial charge in [0.1, 0.15) is 4.88 Å². The van der Waals surface area contributed by atoms with Gasteiger partial charge in [0.15, 0.2) is 5.13 Å². The summed E-state index contributed by atoms with van der Waals surface area (Å²) >= 11 is 3.40. The van der Waals surface area contributed by atoms with E-state index < -0.39 is 0 Å². The number of benzene rings is 1. The fourth-order valence-electron chi connectivity index (χ4n) is 2.37. The summed E-state index contributed by atoms with van der Waals surface area (Å²) < 4.78 is 6.15. The molecule has 1 saturated heterocycles. The van der Waals surface area contributed by atoms with Gasteiger partial charge in [0.05, 0.1) is 24.5 Å². The molecule has 2 aromatic rings. The number of hydrogen-bond donors (Lipinski definition) is 2. The minimum absolute atomic E-state index is 0.353.